The van der Waals surface area contributed by atoms with Gasteiger partial charge in [0.05, 0.1) is 35.2 Å². The maximum Gasteiger partial charge on any atom is 0.234 e. The number of nitrogens with two attached hydrogens (primary N) is 1. The molecule has 1 fully saturated rings. The SMILES string of the molecule is NC(=O)[C@@H]1CCCN1Cc1cc2c(N(Cc3cccc(F)c3)c3ccc4[nH]ncc4c3)ncnc2cn1. The van der Waals surface area contributed by atoms with E-state index in [9.17, 15) is 9.18 Å². The van der Waals surface area contributed by atoms with E-state index in [2.05, 4.69) is 30.0 Å². The van der Waals surface area contributed by atoms with Crippen molar-refractivity contribution < 1.29 is 9.18 Å². The van der Waals surface area contributed by atoms with Crippen LogP contribution in [0.5, 0.6) is 0 Å². The Morgan fingerprint density at radius 2 is 2.05 bits per heavy atom. The average molecular weight is 497 g/mol. The lowest BCUT2D eigenvalue weighted by Crippen LogP contribution is -2.39. The van der Waals surface area contributed by atoms with Crippen molar-refractivity contribution in [2.24, 2.45) is 5.73 Å². The number of pyridine rings is 1. The minimum absolute atomic E-state index is 0.282. The molecule has 0 unspecified atom stereocenters. The molecule has 37 heavy (non-hydrogen) atoms. The Morgan fingerprint density at radius 1 is 1.14 bits per heavy atom. The van der Waals surface area contributed by atoms with Gasteiger partial charge >= 0.3 is 0 Å². The average Bonchev–Trinajstić information content (AvgIpc) is 3.56. The van der Waals surface area contributed by atoms with Crippen LogP contribution in [-0.4, -0.2) is 48.5 Å². The summed E-state index contributed by atoms with van der Waals surface area (Å²) in [5, 5.41) is 8.87. The zero-order chi connectivity index (χ0) is 25.4. The van der Waals surface area contributed by atoms with Gasteiger partial charge in [0.2, 0.25) is 5.91 Å². The summed E-state index contributed by atoms with van der Waals surface area (Å²) in [5.41, 5.74) is 9.70. The molecule has 0 radical (unpaired) electrons. The van der Waals surface area contributed by atoms with E-state index in [-0.39, 0.29) is 17.8 Å². The highest BCUT2D eigenvalue weighted by Gasteiger charge is 2.29. The van der Waals surface area contributed by atoms with Gasteiger partial charge in [-0.25, -0.2) is 14.4 Å². The number of hydrogen-bond donors (Lipinski definition) is 2. The van der Waals surface area contributed by atoms with Gasteiger partial charge in [0, 0.05) is 29.5 Å². The molecule has 1 atom stereocenters. The highest BCUT2D eigenvalue weighted by Crippen LogP contribution is 2.33. The van der Waals surface area contributed by atoms with Crippen LogP contribution in [0.4, 0.5) is 15.9 Å². The Labute approximate surface area is 212 Å². The molecule has 0 saturated carbocycles. The molecule has 6 rings (SSSR count). The fraction of sp³-hybridized carbons (Fsp3) is 0.222. The number of carbonyl (C=O) groups is 1. The Kier molecular flexibility index (Phi) is 5.93. The standard InChI is InChI=1S/C27H25FN8O/c28-19-4-1-3-17(9-19)14-36(21-6-7-23-18(10-21)12-33-34-23)27-22-11-20(30-13-24(22)31-16-32-27)15-35-8-2-5-25(35)26(29)37/h1,3-4,6-7,9-13,16,25H,2,5,8,14-15H2,(H2,29,37)(H,33,34)/t25-/m0/s1. The molecule has 3 aromatic heterocycles. The number of amides is 1. The number of primary amides is 1. The summed E-state index contributed by atoms with van der Waals surface area (Å²) in [7, 11) is 0. The molecule has 0 spiro atoms. The highest BCUT2D eigenvalue weighted by molar-refractivity contribution is 5.92. The van der Waals surface area contributed by atoms with Crippen LogP contribution in [-0.2, 0) is 17.9 Å². The number of H-pyrrole nitrogens is 1. The van der Waals surface area contributed by atoms with Crippen LogP contribution >= 0.6 is 0 Å². The fourth-order valence-corrected chi connectivity index (χ4v) is 5.04. The van der Waals surface area contributed by atoms with Gasteiger partial charge < -0.3 is 10.6 Å². The van der Waals surface area contributed by atoms with Gasteiger partial charge in [-0.15, -0.1) is 0 Å². The molecule has 186 valence electrons. The molecule has 1 aliphatic heterocycles. The Morgan fingerprint density at radius 3 is 2.92 bits per heavy atom. The molecule has 4 heterocycles. The predicted octanol–water partition coefficient (Wildman–Crippen LogP) is 3.83. The second kappa shape index (κ2) is 9.55. The van der Waals surface area contributed by atoms with Crippen molar-refractivity contribution in [3.63, 3.8) is 0 Å². The number of hydrogen-bond acceptors (Lipinski definition) is 7. The molecule has 3 N–H and O–H groups in total. The summed E-state index contributed by atoms with van der Waals surface area (Å²) < 4.78 is 14.1. The molecule has 1 amide bonds. The Hall–Kier alpha value is -4.44. The predicted molar refractivity (Wildman–Crippen MR) is 138 cm³/mol. The molecule has 1 saturated heterocycles. The summed E-state index contributed by atoms with van der Waals surface area (Å²) in [6.07, 6.45) is 6.69. The molecule has 1 aliphatic rings. The second-order valence-corrected chi connectivity index (χ2v) is 9.28. The molecular formula is C27H25FN8O. The van der Waals surface area contributed by atoms with Crippen LogP contribution < -0.4 is 10.6 Å². The van der Waals surface area contributed by atoms with Gasteiger partial charge in [-0.2, -0.15) is 5.10 Å². The van der Waals surface area contributed by atoms with Gasteiger partial charge in [0.25, 0.3) is 0 Å². The van der Waals surface area contributed by atoms with Crippen LogP contribution in [0.15, 0.2) is 67.3 Å². The van der Waals surface area contributed by atoms with Crippen molar-refractivity contribution in [1.29, 1.82) is 0 Å². The number of halogens is 1. The number of benzene rings is 2. The van der Waals surface area contributed by atoms with Crippen molar-refractivity contribution in [3.8, 4) is 0 Å². The summed E-state index contributed by atoms with van der Waals surface area (Å²) in [6.45, 7) is 1.69. The molecule has 0 aliphatic carbocycles. The summed E-state index contributed by atoms with van der Waals surface area (Å²) in [6, 6.07) is 14.2. The van der Waals surface area contributed by atoms with Crippen molar-refractivity contribution >= 4 is 39.2 Å². The lowest BCUT2D eigenvalue weighted by Gasteiger charge is -2.26. The van der Waals surface area contributed by atoms with Crippen molar-refractivity contribution in [3.05, 3.63) is 84.3 Å². The lowest BCUT2D eigenvalue weighted by atomic mass is 10.1. The number of rotatable bonds is 7. The first-order valence-electron chi connectivity index (χ1n) is 12.1. The monoisotopic (exact) mass is 496 g/mol. The molecule has 2 aromatic carbocycles. The number of nitrogens with one attached hydrogen (secondary N) is 1. The fourth-order valence-electron chi connectivity index (χ4n) is 5.04. The van der Waals surface area contributed by atoms with E-state index in [0.717, 1.165) is 52.6 Å². The van der Waals surface area contributed by atoms with Crippen LogP contribution in [0, 0.1) is 5.82 Å². The third kappa shape index (κ3) is 4.58. The highest BCUT2D eigenvalue weighted by atomic mass is 19.1. The smallest absolute Gasteiger partial charge is 0.234 e. The largest absolute Gasteiger partial charge is 0.368 e. The minimum Gasteiger partial charge on any atom is -0.368 e. The zero-order valence-electron chi connectivity index (χ0n) is 20.0. The van der Waals surface area contributed by atoms with Crippen LogP contribution in [0.25, 0.3) is 21.8 Å². The Balaban J connectivity index is 1.44. The zero-order valence-corrected chi connectivity index (χ0v) is 20.0. The van der Waals surface area contributed by atoms with Crippen molar-refractivity contribution in [1.82, 2.24) is 30.0 Å². The van der Waals surface area contributed by atoms with Crippen LogP contribution in [0.1, 0.15) is 24.1 Å². The first kappa shape index (κ1) is 23.0. The van der Waals surface area contributed by atoms with E-state index in [1.807, 2.05) is 35.2 Å². The number of carbonyl (C=O) groups excluding carboxylic acids is 1. The molecule has 9 nitrogen and oxygen atoms in total. The number of nitrogens with zero attached hydrogens (tertiary/aromatic N) is 6. The first-order chi connectivity index (χ1) is 18.0. The van der Waals surface area contributed by atoms with E-state index >= 15 is 0 Å². The third-order valence-electron chi connectivity index (χ3n) is 6.84. The number of aromatic nitrogens is 5. The lowest BCUT2D eigenvalue weighted by molar-refractivity contribution is -0.122. The van der Waals surface area contributed by atoms with Crippen LogP contribution in [0.2, 0.25) is 0 Å². The van der Waals surface area contributed by atoms with Gasteiger partial charge in [-0.1, -0.05) is 12.1 Å². The molecule has 0 bridgehead atoms. The van der Waals surface area contributed by atoms with E-state index in [1.54, 1.807) is 18.5 Å². The van der Waals surface area contributed by atoms with Gasteiger partial charge in [-0.3, -0.25) is 19.8 Å². The van der Waals surface area contributed by atoms with Crippen molar-refractivity contribution in [2.45, 2.75) is 32.0 Å². The maximum absolute atomic E-state index is 14.1. The minimum atomic E-state index is -0.307. The van der Waals surface area contributed by atoms with E-state index in [4.69, 9.17) is 5.73 Å². The Bertz CT molecular complexity index is 1600. The van der Waals surface area contributed by atoms with E-state index in [1.165, 1.54) is 18.5 Å². The molecule has 10 heteroatoms. The topological polar surface area (TPSA) is 117 Å². The second-order valence-electron chi connectivity index (χ2n) is 9.28. The summed E-state index contributed by atoms with van der Waals surface area (Å²) >= 11 is 0. The van der Waals surface area contributed by atoms with Crippen molar-refractivity contribution in [2.75, 3.05) is 11.4 Å². The molecular weight excluding hydrogens is 471 g/mol. The number of likely N-dealkylation sites (tertiary alicyclic amines) is 1. The van der Waals surface area contributed by atoms with Gasteiger partial charge in [-0.05, 0) is 61.3 Å². The summed E-state index contributed by atoms with van der Waals surface area (Å²) in [5.74, 6) is 0.0724. The number of anilines is 2. The van der Waals surface area contributed by atoms with E-state index in [0.29, 0.717) is 24.4 Å². The molecule has 5 aromatic rings. The van der Waals surface area contributed by atoms with Crippen LogP contribution in [0.3, 0.4) is 0 Å². The number of aromatic amines is 1. The third-order valence-corrected chi connectivity index (χ3v) is 6.84. The number of fused-ring (bicyclic) bond motifs is 2. The van der Waals surface area contributed by atoms with E-state index < -0.39 is 0 Å². The quantitative estimate of drug-likeness (QED) is 0.352. The first-order valence-corrected chi connectivity index (χ1v) is 12.1. The van der Waals surface area contributed by atoms with Gasteiger partial charge in [0.1, 0.15) is 18.0 Å². The van der Waals surface area contributed by atoms with Gasteiger partial charge in [0.15, 0.2) is 0 Å². The summed E-state index contributed by atoms with van der Waals surface area (Å²) in [4.78, 5) is 29.7. The normalized spacial score (nSPS) is 16.0. The maximum atomic E-state index is 14.1.